The fourth-order valence-electron chi connectivity index (χ4n) is 0.807. The molecule has 0 aliphatic heterocycles. The first-order chi connectivity index (χ1) is 7.54. The maximum atomic E-state index is 12.0. The van der Waals surface area contributed by atoms with Gasteiger partial charge < -0.3 is 4.74 Å². The van der Waals surface area contributed by atoms with Crippen molar-refractivity contribution < 1.29 is 13.5 Å². The smallest absolute Gasteiger partial charge is 0.388 e. The molecule has 1 rings (SSSR count). The van der Waals surface area contributed by atoms with Crippen LogP contribution in [0.15, 0.2) is 16.4 Å². The highest BCUT2D eigenvalue weighted by molar-refractivity contribution is 8.01. The minimum Gasteiger partial charge on any atom is -0.414 e. The molecule has 0 fully saturated rings. The third-order valence-corrected chi connectivity index (χ3v) is 3.70. The zero-order valence-electron chi connectivity index (χ0n) is 8.37. The summed E-state index contributed by atoms with van der Waals surface area (Å²) in [7, 11) is 0. The summed E-state index contributed by atoms with van der Waals surface area (Å²) < 4.78 is 32.3. The summed E-state index contributed by atoms with van der Waals surface area (Å²) in [6.07, 6.45) is 0. The van der Waals surface area contributed by atoms with E-state index in [2.05, 4.69) is 15.7 Å². The highest BCUT2D eigenvalue weighted by Gasteiger charge is 2.18. The minimum absolute atomic E-state index is 0.0663. The predicted molar refractivity (Wildman–Crippen MR) is 59.0 cm³/mol. The van der Waals surface area contributed by atoms with Gasteiger partial charge in [0.05, 0.1) is 0 Å². The molecule has 0 aliphatic carbocycles. The fraction of sp³-hybridized carbons (Fsp3) is 0.333. The fourth-order valence-corrected chi connectivity index (χ4v) is 2.49. The second-order valence-electron chi connectivity index (χ2n) is 2.89. The summed E-state index contributed by atoms with van der Waals surface area (Å²) in [6, 6.07) is 1.81. The van der Waals surface area contributed by atoms with Crippen LogP contribution in [0.25, 0.3) is 0 Å². The molecule has 0 aromatic carbocycles. The summed E-state index contributed by atoms with van der Waals surface area (Å²) in [5, 5.41) is 8.82. The molecule has 0 amide bonds. The second kappa shape index (κ2) is 5.82. The van der Waals surface area contributed by atoms with Crippen LogP contribution >= 0.6 is 23.3 Å². The largest absolute Gasteiger partial charge is 0.414 e. The molecule has 0 N–H and O–H groups in total. The van der Waals surface area contributed by atoms with Crippen LogP contribution in [0.2, 0.25) is 0 Å². The number of ether oxygens (including phenoxy) is 1. The zero-order valence-corrected chi connectivity index (χ0v) is 10.00. The van der Waals surface area contributed by atoms with Gasteiger partial charge in [-0.05, 0) is 18.5 Å². The van der Waals surface area contributed by atoms with Crippen molar-refractivity contribution in [3.8, 4) is 11.9 Å². The quantitative estimate of drug-likeness (QED) is 0.603. The molecular weight excluding hydrogens is 254 g/mol. The number of hydrogen-bond donors (Lipinski definition) is 0. The standard InChI is InChI=1S/C9H8F2N2OS2/c1-5(2)4-15-8-6(3-12)7(13-16-8)14-9(10)11/h9H,1,4H2,2H3. The van der Waals surface area contributed by atoms with Crippen molar-refractivity contribution >= 4 is 23.3 Å². The van der Waals surface area contributed by atoms with Gasteiger partial charge in [0.2, 0.25) is 5.88 Å². The van der Waals surface area contributed by atoms with Crippen LogP contribution in [0.4, 0.5) is 8.78 Å². The number of thioether (sulfide) groups is 1. The van der Waals surface area contributed by atoms with Crippen molar-refractivity contribution in [3.63, 3.8) is 0 Å². The van der Waals surface area contributed by atoms with Crippen molar-refractivity contribution in [2.24, 2.45) is 0 Å². The van der Waals surface area contributed by atoms with E-state index >= 15 is 0 Å². The highest BCUT2D eigenvalue weighted by Crippen LogP contribution is 2.34. The van der Waals surface area contributed by atoms with Crippen LogP contribution in [0.1, 0.15) is 12.5 Å². The van der Waals surface area contributed by atoms with Gasteiger partial charge in [-0.1, -0.05) is 12.2 Å². The summed E-state index contributed by atoms with van der Waals surface area (Å²) in [6.45, 7) is 2.59. The van der Waals surface area contributed by atoms with Gasteiger partial charge in [-0.2, -0.15) is 18.4 Å². The maximum absolute atomic E-state index is 12.0. The van der Waals surface area contributed by atoms with Gasteiger partial charge in [-0.15, -0.1) is 11.8 Å². The van der Waals surface area contributed by atoms with Crippen LogP contribution in [0, 0.1) is 11.3 Å². The molecule has 0 spiro atoms. The van der Waals surface area contributed by atoms with E-state index in [-0.39, 0.29) is 11.4 Å². The van der Waals surface area contributed by atoms with E-state index in [1.807, 2.05) is 13.0 Å². The van der Waals surface area contributed by atoms with E-state index in [1.54, 1.807) is 0 Å². The SMILES string of the molecule is C=C(C)CSc1snc(OC(F)F)c1C#N. The number of alkyl halides is 2. The van der Waals surface area contributed by atoms with Crippen LogP contribution in [0.5, 0.6) is 5.88 Å². The number of hydrogen-bond acceptors (Lipinski definition) is 5. The van der Waals surface area contributed by atoms with E-state index in [9.17, 15) is 8.78 Å². The summed E-state index contributed by atoms with van der Waals surface area (Å²) in [5.74, 6) is 0.317. The van der Waals surface area contributed by atoms with Crippen molar-refractivity contribution in [1.29, 1.82) is 5.26 Å². The Morgan fingerprint density at radius 2 is 2.44 bits per heavy atom. The molecule has 3 nitrogen and oxygen atoms in total. The molecule has 1 aromatic rings. The topological polar surface area (TPSA) is 45.9 Å². The molecule has 0 radical (unpaired) electrons. The lowest BCUT2D eigenvalue weighted by Crippen LogP contribution is -2.03. The minimum atomic E-state index is -2.96. The van der Waals surface area contributed by atoms with Gasteiger partial charge in [0.1, 0.15) is 15.8 Å². The first-order valence-electron chi connectivity index (χ1n) is 4.16. The van der Waals surface area contributed by atoms with Crippen LogP contribution in [-0.2, 0) is 0 Å². The Kier molecular flexibility index (Phi) is 4.71. The number of rotatable bonds is 5. The lowest BCUT2D eigenvalue weighted by atomic mass is 10.4. The van der Waals surface area contributed by atoms with E-state index in [1.165, 1.54) is 11.8 Å². The van der Waals surface area contributed by atoms with Crippen LogP contribution < -0.4 is 4.74 Å². The molecule has 1 heterocycles. The molecule has 0 saturated carbocycles. The van der Waals surface area contributed by atoms with Gasteiger partial charge in [-0.3, -0.25) is 0 Å². The molecule has 0 bridgehead atoms. The van der Waals surface area contributed by atoms with Crippen LogP contribution in [-0.4, -0.2) is 16.7 Å². The third kappa shape index (κ3) is 3.47. The molecule has 0 saturated heterocycles. The van der Waals surface area contributed by atoms with Gasteiger partial charge in [0.15, 0.2) is 0 Å². The van der Waals surface area contributed by atoms with Gasteiger partial charge in [0.25, 0.3) is 0 Å². The molecule has 0 atom stereocenters. The van der Waals surface area contributed by atoms with Gasteiger partial charge in [0, 0.05) is 5.75 Å². The number of aromatic nitrogens is 1. The number of halogens is 2. The Balaban J connectivity index is 2.83. The van der Waals surface area contributed by atoms with Gasteiger partial charge in [-0.25, -0.2) is 0 Å². The van der Waals surface area contributed by atoms with E-state index < -0.39 is 6.61 Å². The molecule has 7 heteroatoms. The van der Waals surface area contributed by atoms with Gasteiger partial charge >= 0.3 is 6.61 Å². The molecule has 86 valence electrons. The maximum Gasteiger partial charge on any atom is 0.388 e. The Morgan fingerprint density at radius 1 is 1.75 bits per heavy atom. The van der Waals surface area contributed by atoms with Crippen molar-refractivity contribution in [3.05, 3.63) is 17.7 Å². The molecular formula is C9H8F2N2OS2. The monoisotopic (exact) mass is 262 g/mol. The Morgan fingerprint density at radius 3 is 2.94 bits per heavy atom. The van der Waals surface area contributed by atoms with E-state index in [0.717, 1.165) is 17.1 Å². The lowest BCUT2D eigenvalue weighted by molar-refractivity contribution is -0.0524. The van der Waals surface area contributed by atoms with Crippen molar-refractivity contribution in [1.82, 2.24) is 4.37 Å². The average molecular weight is 262 g/mol. The first-order valence-corrected chi connectivity index (χ1v) is 5.92. The summed E-state index contributed by atoms with van der Waals surface area (Å²) >= 11 is 2.31. The predicted octanol–water partition coefficient (Wildman–Crippen LogP) is 3.28. The summed E-state index contributed by atoms with van der Waals surface area (Å²) in [5.41, 5.74) is 0.996. The zero-order chi connectivity index (χ0) is 12.1. The molecule has 1 aromatic heterocycles. The Labute approximate surface area is 99.9 Å². The van der Waals surface area contributed by atoms with E-state index in [0.29, 0.717) is 9.96 Å². The second-order valence-corrected chi connectivity index (χ2v) is 4.90. The summed E-state index contributed by atoms with van der Waals surface area (Å²) in [4.78, 5) is 0. The van der Waals surface area contributed by atoms with E-state index in [4.69, 9.17) is 5.26 Å². The molecule has 0 unspecified atom stereocenters. The average Bonchev–Trinajstić information content (AvgIpc) is 2.56. The number of nitriles is 1. The number of nitrogens with zero attached hydrogens (tertiary/aromatic N) is 2. The van der Waals surface area contributed by atoms with Crippen molar-refractivity contribution in [2.75, 3.05) is 5.75 Å². The third-order valence-electron chi connectivity index (χ3n) is 1.39. The Hall–Kier alpha value is -1.13. The molecule has 16 heavy (non-hydrogen) atoms. The van der Waals surface area contributed by atoms with Crippen molar-refractivity contribution in [2.45, 2.75) is 17.7 Å². The van der Waals surface area contributed by atoms with Crippen LogP contribution in [0.3, 0.4) is 0 Å². The molecule has 0 aliphatic rings. The lowest BCUT2D eigenvalue weighted by Gasteiger charge is -2.00. The normalized spacial score (nSPS) is 10.2. The highest BCUT2D eigenvalue weighted by atomic mass is 32.2. The first kappa shape index (κ1) is 12.9. The Bertz CT molecular complexity index is 426.